The predicted molar refractivity (Wildman–Crippen MR) is 113 cm³/mol. The molecule has 0 unspecified atom stereocenters. The van der Waals surface area contributed by atoms with Crippen LogP contribution in [-0.4, -0.2) is 63.8 Å². The molecule has 0 saturated carbocycles. The van der Waals surface area contributed by atoms with E-state index < -0.39 is 5.97 Å². The Bertz CT molecular complexity index is 906. The largest absolute Gasteiger partial charge is 0.495 e. The first-order valence-electron chi connectivity index (χ1n) is 9.30. The van der Waals surface area contributed by atoms with E-state index in [1.165, 1.54) is 32.4 Å². The Hall–Kier alpha value is -2.81. The van der Waals surface area contributed by atoms with Crippen LogP contribution >= 0.6 is 15.9 Å². The molecule has 1 aliphatic rings. The van der Waals surface area contributed by atoms with Gasteiger partial charge < -0.3 is 24.0 Å². The average molecular weight is 481 g/mol. The molecule has 1 aliphatic heterocycles. The number of benzene rings is 2. The molecule has 1 heterocycles. The standard InChI is InChI=1S/C21H22BrFN2O5/c1-28-17-11-14(12-18(29-2)20(17)22)21(27)30-13-19(26)25-9-7-24(8-10-25)16-6-4-3-5-15(16)23/h3-6,11-12H,7-10,13H2,1-2H3. The molecule has 0 atom stereocenters. The van der Waals surface area contributed by atoms with Crippen LogP contribution in [-0.2, 0) is 9.53 Å². The fourth-order valence-corrected chi connectivity index (χ4v) is 3.75. The van der Waals surface area contributed by atoms with E-state index >= 15 is 0 Å². The number of methoxy groups -OCH3 is 2. The molecule has 160 valence electrons. The molecule has 1 saturated heterocycles. The minimum absolute atomic E-state index is 0.212. The van der Waals surface area contributed by atoms with Crippen molar-refractivity contribution in [1.82, 2.24) is 4.90 Å². The molecule has 3 rings (SSSR count). The Kier molecular flexibility index (Phi) is 7.15. The third-order valence-electron chi connectivity index (χ3n) is 4.83. The second-order valence-electron chi connectivity index (χ2n) is 6.59. The highest BCUT2D eigenvalue weighted by atomic mass is 79.9. The second kappa shape index (κ2) is 9.80. The van der Waals surface area contributed by atoms with E-state index in [4.69, 9.17) is 14.2 Å². The van der Waals surface area contributed by atoms with Crippen LogP contribution in [0, 0.1) is 5.82 Å². The smallest absolute Gasteiger partial charge is 0.338 e. The minimum Gasteiger partial charge on any atom is -0.495 e. The normalized spacial score (nSPS) is 13.7. The van der Waals surface area contributed by atoms with Crippen molar-refractivity contribution < 1.29 is 28.2 Å². The zero-order valence-electron chi connectivity index (χ0n) is 16.7. The van der Waals surface area contributed by atoms with Crippen molar-refractivity contribution in [2.45, 2.75) is 0 Å². The van der Waals surface area contributed by atoms with Gasteiger partial charge in [0.05, 0.1) is 25.5 Å². The summed E-state index contributed by atoms with van der Waals surface area (Å²) < 4.78 is 30.1. The molecule has 0 aliphatic carbocycles. The molecule has 30 heavy (non-hydrogen) atoms. The fraction of sp³-hybridized carbons (Fsp3) is 0.333. The van der Waals surface area contributed by atoms with Crippen molar-refractivity contribution in [3.63, 3.8) is 0 Å². The van der Waals surface area contributed by atoms with Crippen LogP contribution in [0.1, 0.15) is 10.4 Å². The van der Waals surface area contributed by atoms with Crippen LogP contribution in [0.4, 0.5) is 10.1 Å². The number of esters is 1. The summed E-state index contributed by atoms with van der Waals surface area (Å²) in [5.41, 5.74) is 0.734. The zero-order chi connectivity index (χ0) is 21.7. The van der Waals surface area contributed by atoms with Crippen molar-refractivity contribution in [3.8, 4) is 11.5 Å². The zero-order valence-corrected chi connectivity index (χ0v) is 18.3. The summed E-state index contributed by atoms with van der Waals surface area (Å²) in [7, 11) is 2.94. The maximum atomic E-state index is 13.9. The van der Waals surface area contributed by atoms with Crippen LogP contribution in [0.15, 0.2) is 40.9 Å². The lowest BCUT2D eigenvalue weighted by molar-refractivity contribution is -0.134. The molecule has 7 nitrogen and oxygen atoms in total. The summed E-state index contributed by atoms with van der Waals surface area (Å²) in [6, 6.07) is 9.57. The minimum atomic E-state index is -0.655. The lowest BCUT2D eigenvalue weighted by atomic mass is 10.2. The number of rotatable bonds is 6. The monoisotopic (exact) mass is 480 g/mol. The third kappa shape index (κ3) is 4.84. The van der Waals surface area contributed by atoms with Gasteiger partial charge in [-0.05, 0) is 40.2 Å². The molecule has 2 aromatic rings. The van der Waals surface area contributed by atoms with Gasteiger partial charge in [0.2, 0.25) is 0 Å². The maximum absolute atomic E-state index is 13.9. The number of carbonyl (C=O) groups is 2. The SMILES string of the molecule is COc1cc(C(=O)OCC(=O)N2CCN(c3ccccc3F)CC2)cc(OC)c1Br. The van der Waals surface area contributed by atoms with Gasteiger partial charge in [0, 0.05) is 26.2 Å². The maximum Gasteiger partial charge on any atom is 0.338 e. The van der Waals surface area contributed by atoms with E-state index in [1.807, 2.05) is 4.90 Å². The molecular weight excluding hydrogens is 459 g/mol. The van der Waals surface area contributed by atoms with Crippen molar-refractivity contribution >= 4 is 33.5 Å². The van der Waals surface area contributed by atoms with Crippen LogP contribution in [0.2, 0.25) is 0 Å². The Balaban J connectivity index is 1.55. The van der Waals surface area contributed by atoms with Gasteiger partial charge in [0.25, 0.3) is 5.91 Å². The van der Waals surface area contributed by atoms with E-state index in [9.17, 15) is 14.0 Å². The highest BCUT2D eigenvalue weighted by Gasteiger charge is 2.24. The number of anilines is 1. The number of hydrogen-bond donors (Lipinski definition) is 0. The van der Waals surface area contributed by atoms with Gasteiger partial charge >= 0.3 is 5.97 Å². The first kappa shape index (κ1) is 21.9. The Morgan fingerprint density at radius 2 is 1.63 bits per heavy atom. The molecular formula is C21H22BrFN2O5. The van der Waals surface area contributed by atoms with Crippen LogP contribution in [0.3, 0.4) is 0 Å². The van der Waals surface area contributed by atoms with E-state index in [0.717, 1.165) is 0 Å². The first-order chi connectivity index (χ1) is 14.4. The summed E-state index contributed by atoms with van der Waals surface area (Å²) in [6.07, 6.45) is 0. The Morgan fingerprint density at radius 1 is 1.03 bits per heavy atom. The van der Waals surface area contributed by atoms with Crippen molar-refractivity contribution in [1.29, 1.82) is 0 Å². The Labute approximate surface area is 182 Å². The number of carbonyl (C=O) groups excluding carboxylic acids is 2. The summed E-state index contributed by atoms with van der Waals surface area (Å²) in [5, 5.41) is 0. The fourth-order valence-electron chi connectivity index (χ4n) is 3.19. The molecule has 9 heteroatoms. The van der Waals surface area contributed by atoms with Crippen LogP contribution in [0.25, 0.3) is 0 Å². The highest BCUT2D eigenvalue weighted by molar-refractivity contribution is 9.10. The molecule has 1 fully saturated rings. The number of piperazine rings is 1. The summed E-state index contributed by atoms with van der Waals surface area (Å²) >= 11 is 3.33. The van der Waals surface area contributed by atoms with Gasteiger partial charge in [-0.25, -0.2) is 9.18 Å². The summed E-state index contributed by atoms with van der Waals surface area (Å²) in [4.78, 5) is 28.3. The van der Waals surface area contributed by atoms with Gasteiger partial charge in [-0.3, -0.25) is 4.79 Å². The first-order valence-corrected chi connectivity index (χ1v) is 10.1. The molecule has 2 aromatic carbocycles. The second-order valence-corrected chi connectivity index (χ2v) is 7.38. The third-order valence-corrected chi connectivity index (χ3v) is 5.62. The van der Waals surface area contributed by atoms with Crippen molar-refractivity contribution in [2.24, 2.45) is 0 Å². The van der Waals surface area contributed by atoms with Crippen molar-refractivity contribution in [3.05, 3.63) is 52.3 Å². The Morgan fingerprint density at radius 3 is 2.20 bits per heavy atom. The van der Waals surface area contributed by atoms with E-state index in [0.29, 0.717) is 47.8 Å². The molecule has 0 spiro atoms. The van der Waals surface area contributed by atoms with E-state index in [2.05, 4.69) is 15.9 Å². The lowest BCUT2D eigenvalue weighted by Gasteiger charge is -2.36. The lowest BCUT2D eigenvalue weighted by Crippen LogP contribution is -2.50. The van der Waals surface area contributed by atoms with Gasteiger partial charge in [-0.15, -0.1) is 0 Å². The molecule has 0 N–H and O–H groups in total. The number of halogens is 2. The summed E-state index contributed by atoms with van der Waals surface area (Å²) in [5.74, 6) is -0.412. The number of para-hydroxylation sites is 1. The predicted octanol–water partition coefficient (Wildman–Crippen LogP) is 3.11. The topological polar surface area (TPSA) is 68.3 Å². The van der Waals surface area contributed by atoms with Gasteiger partial charge in [0.15, 0.2) is 6.61 Å². The van der Waals surface area contributed by atoms with Crippen LogP contribution < -0.4 is 14.4 Å². The molecule has 1 amide bonds. The number of hydrogen-bond acceptors (Lipinski definition) is 6. The summed E-state index contributed by atoms with van der Waals surface area (Å²) in [6.45, 7) is 1.47. The van der Waals surface area contributed by atoms with Gasteiger partial charge in [-0.1, -0.05) is 12.1 Å². The van der Waals surface area contributed by atoms with Crippen molar-refractivity contribution in [2.75, 3.05) is 51.9 Å². The number of nitrogens with zero attached hydrogens (tertiary/aromatic N) is 2. The quantitative estimate of drug-likeness (QED) is 0.591. The molecule has 0 radical (unpaired) electrons. The van der Waals surface area contributed by atoms with Crippen LogP contribution in [0.5, 0.6) is 11.5 Å². The number of ether oxygens (including phenoxy) is 3. The van der Waals surface area contributed by atoms with Gasteiger partial charge in [0.1, 0.15) is 21.8 Å². The van der Waals surface area contributed by atoms with Gasteiger partial charge in [-0.2, -0.15) is 0 Å². The highest BCUT2D eigenvalue weighted by Crippen LogP contribution is 2.35. The molecule has 0 aromatic heterocycles. The number of amides is 1. The average Bonchev–Trinajstić information content (AvgIpc) is 2.77. The van der Waals surface area contributed by atoms with E-state index in [-0.39, 0.29) is 23.9 Å². The van der Waals surface area contributed by atoms with E-state index in [1.54, 1.807) is 23.1 Å². The molecule has 0 bridgehead atoms.